The van der Waals surface area contributed by atoms with Crippen molar-refractivity contribution in [2.24, 2.45) is 0 Å². The molecule has 1 atom stereocenters. The fraction of sp³-hybridized carbons (Fsp3) is 0.474. The van der Waals surface area contributed by atoms with E-state index >= 15 is 0 Å². The second-order valence-corrected chi connectivity index (χ2v) is 6.56. The second kappa shape index (κ2) is 7.18. The fourth-order valence-corrected chi connectivity index (χ4v) is 3.12. The summed E-state index contributed by atoms with van der Waals surface area (Å²) >= 11 is 0. The lowest BCUT2D eigenvalue weighted by Crippen LogP contribution is -2.37. The predicted octanol–water partition coefficient (Wildman–Crippen LogP) is 3.03. The van der Waals surface area contributed by atoms with Crippen LogP contribution in [-0.2, 0) is 0 Å². The van der Waals surface area contributed by atoms with Crippen LogP contribution in [-0.4, -0.2) is 44.2 Å². The normalized spacial score (nSPS) is 12.9. The quantitative estimate of drug-likeness (QED) is 0.886. The Bertz CT molecular complexity index is 697. The number of carbonyl (C=O) groups is 1. The Morgan fingerprint density at radius 3 is 2.42 bits per heavy atom. The molecule has 0 radical (unpaired) electrons. The number of hydrogen-bond acceptors (Lipinski definition) is 3. The highest BCUT2D eigenvalue weighted by atomic mass is 16.3. The number of carbonyl (C=O) groups excluding carboxylic acids is 1. The first-order valence-corrected chi connectivity index (χ1v) is 8.40. The summed E-state index contributed by atoms with van der Waals surface area (Å²) < 4.78 is 1.92. The number of nitrogens with zero attached hydrogens (tertiary/aromatic N) is 3. The fourth-order valence-electron chi connectivity index (χ4n) is 3.12. The van der Waals surface area contributed by atoms with Crippen LogP contribution in [0.4, 0.5) is 0 Å². The van der Waals surface area contributed by atoms with Crippen molar-refractivity contribution in [3.05, 3.63) is 53.6 Å². The first-order chi connectivity index (χ1) is 11.3. The molecule has 0 fully saturated rings. The number of aromatic nitrogens is 2. The lowest BCUT2D eigenvalue weighted by molar-refractivity contribution is 0.0377. The minimum Gasteiger partial charge on any atom is -0.388 e. The van der Waals surface area contributed by atoms with Crippen molar-refractivity contribution < 1.29 is 9.90 Å². The van der Waals surface area contributed by atoms with Crippen molar-refractivity contribution in [2.45, 2.75) is 46.3 Å². The van der Waals surface area contributed by atoms with Gasteiger partial charge in [0.2, 0.25) is 0 Å². The van der Waals surface area contributed by atoms with Crippen LogP contribution >= 0.6 is 0 Å². The van der Waals surface area contributed by atoms with Gasteiger partial charge < -0.3 is 14.6 Å². The Labute approximate surface area is 143 Å². The van der Waals surface area contributed by atoms with Crippen LogP contribution in [0.3, 0.4) is 0 Å². The van der Waals surface area contributed by atoms with Gasteiger partial charge in [-0.15, -0.1) is 0 Å². The highest BCUT2D eigenvalue weighted by molar-refractivity contribution is 5.96. The molecule has 0 aliphatic heterocycles. The number of hydrogen-bond donors (Lipinski definition) is 1. The first kappa shape index (κ1) is 18.2. The Kier molecular flexibility index (Phi) is 5.44. The van der Waals surface area contributed by atoms with Gasteiger partial charge in [-0.05, 0) is 46.2 Å². The number of aryl methyl sites for hydroxylation is 1. The molecule has 0 saturated heterocycles. The van der Waals surface area contributed by atoms with E-state index in [-0.39, 0.29) is 5.91 Å². The molecule has 5 nitrogen and oxygen atoms in total. The van der Waals surface area contributed by atoms with Gasteiger partial charge in [0.1, 0.15) is 0 Å². The molecule has 1 amide bonds. The van der Waals surface area contributed by atoms with Gasteiger partial charge in [0, 0.05) is 30.5 Å². The van der Waals surface area contributed by atoms with Crippen molar-refractivity contribution in [1.82, 2.24) is 14.5 Å². The summed E-state index contributed by atoms with van der Waals surface area (Å²) in [4.78, 5) is 18.9. The highest BCUT2D eigenvalue weighted by Crippen LogP contribution is 2.33. The molecule has 0 bridgehead atoms. The monoisotopic (exact) mass is 329 g/mol. The lowest BCUT2D eigenvalue weighted by Gasteiger charge is -2.33. The molecular formula is C19H27N3O2. The first-order valence-electron chi connectivity index (χ1n) is 8.40. The molecule has 0 saturated carbocycles. The van der Waals surface area contributed by atoms with Gasteiger partial charge in [0.15, 0.2) is 0 Å². The van der Waals surface area contributed by atoms with Crippen molar-refractivity contribution in [3.63, 3.8) is 0 Å². The van der Waals surface area contributed by atoms with Crippen LogP contribution in [0.1, 0.15) is 55.4 Å². The molecule has 1 heterocycles. The summed E-state index contributed by atoms with van der Waals surface area (Å²) in [6, 6.07) is 7.12. The van der Waals surface area contributed by atoms with Crippen LogP contribution in [0, 0.1) is 6.92 Å². The number of benzene rings is 1. The van der Waals surface area contributed by atoms with E-state index in [4.69, 9.17) is 0 Å². The number of imidazole rings is 1. The average Bonchev–Trinajstić information content (AvgIpc) is 2.93. The molecule has 5 heteroatoms. The standard InChI is InChI=1S/C19H27N3O2/c1-6-21(7-2)18(23)16-11-9-8-10-15(16)17(19(4,5)24)22-13-20-12-14(22)3/h8-13,17,24H,6-7H2,1-5H3. The van der Waals surface area contributed by atoms with Crippen molar-refractivity contribution in [1.29, 1.82) is 0 Å². The van der Waals surface area contributed by atoms with E-state index in [0.29, 0.717) is 18.7 Å². The van der Waals surface area contributed by atoms with Crippen LogP contribution < -0.4 is 0 Å². The zero-order chi connectivity index (χ0) is 17.9. The SMILES string of the molecule is CCN(CC)C(=O)c1ccccc1C(n1cncc1C)C(C)(C)O. The minimum absolute atomic E-state index is 0.0115. The third-order valence-electron chi connectivity index (χ3n) is 4.34. The van der Waals surface area contributed by atoms with Gasteiger partial charge in [0.05, 0.1) is 18.0 Å². The summed E-state index contributed by atoms with van der Waals surface area (Å²) in [7, 11) is 0. The van der Waals surface area contributed by atoms with Crippen molar-refractivity contribution in [2.75, 3.05) is 13.1 Å². The minimum atomic E-state index is -1.05. The molecule has 2 aromatic rings. The van der Waals surface area contributed by atoms with Crippen LogP contribution in [0.15, 0.2) is 36.8 Å². The van der Waals surface area contributed by atoms with E-state index in [0.717, 1.165) is 11.3 Å². The molecular weight excluding hydrogens is 302 g/mol. The van der Waals surface area contributed by atoms with Gasteiger partial charge >= 0.3 is 0 Å². The molecule has 1 unspecified atom stereocenters. The number of amides is 1. The van der Waals surface area contributed by atoms with Crippen LogP contribution in [0.2, 0.25) is 0 Å². The van der Waals surface area contributed by atoms with Crippen molar-refractivity contribution >= 4 is 5.91 Å². The van der Waals surface area contributed by atoms with E-state index in [2.05, 4.69) is 4.98 Å². The van der Waals surface area contributed by atoms with Gasteiger partial charge in [-0.2, -0.15) is 0 Å². The third kappa shape index (κ3) is 3.51. The number of rotatable bonds is 6. The third-order valence-corrected chi connectivity index (χ3v) is 4.34. The highest BCUT2D eigenvalue weighted by Gasteiger charge is 2.34. The van der Waals surface area contributed by atoms with E-state index in [1.807, 2.05) is 49.6 Å². The zero-order valence-electron chi connectivity index (χ0n) is 15.2. The van der Waals surface area contributed by atoms with Crippen LogP contribution in [0.25, 0.3) is 0 Å². The summed E-state index contributed by atoms with van der Waals surface area (Å²) in [5.41, 5.74) is 1.32. The van der Waals surface area contributed by atoms with Gasteiger partial charge in [0.25, 0.3) is 5.91 Å². The number of aliphatic hydroxyl groups is 1. The van der Waals surface area contributed by atoms with E-state index in [9.17, 15) is 9.90 Å². The Morgan fingerprint density at radius 2 is 1.92 bits per heavy atom. The van der Waals surface area contributed by atoms with Crippen LogP contribution in [0.5, 0.6) is 0 Å². The molecule has 1 N–H and O–H groups in total. The summed E-state index contributed by atoms with van der Waals surface area (Å²) in [5, 5.41) is 10.8. The molecule has 0 aliphatic carbocycles. The van der Waals surface area contributed by atoms with Gasteiger partial charge in [-0.3, -0.25) is 4.79 Å². The van der Waals surface area contributed by atoms with E-state index in [1.54, 1.807) is 31.3 Å². The summed E-state index contributed by atoms with van der Waals surface area (Å²) in [6.07, 6.45) is 3.46. The van der Waals surface area contributed by atoms with E-state index < -0.39 is 11.6 Å². The molecule has 1 aromatic heterocycles. The zero-order valence-corrected chi connectivity index (χ0v) is 15.2. The molecule has 1 aromatic carbocycles. The maximum absolute atomic E-state index is 12.9. The maximum Gasteiger partial charge on any atom is 0.254 e. The summed E-state index contributed by atoms with van der Waals surface area (Å²) in [5.74, 6) is -0.0115. The van der Waals surface area contributed by atoms with Gasteiger partial charge in [-0.1, -0.05) is 18.2 Å². The average molecular weight is 329 g/mol. The molecule has 0 spiro atoms. The smallest absolute Gasteiger partial charge is 0.254 e. The Hall–Kier alpha value is -2.14. The lowest BCUT2D eigenvalue weighted by atomic mass is 9.88. The molecule has 130 valence electrons. The van der Waals surface area contributed by atoms with Gasteiger partial charge in [-0.25, -0.2) is 4.98 Å². The second-order valence-electron chi connectivity index (χ2n) is 6.56. The molecule has 24 heavy (non-hydrogen) atoms. The summed E-state index contributed by atoms with van der Waals surface area (Å²) in [6.45, 7) is 10.7. The maximum atomic E-state index is 12.9. The Balaban J connectivity index is 2.61. The van der Waals surface area contributed by atoms with Crippen molar-refractivity contribution in [3.8, 4) is 0 Å². The molecule has 2 rings (SSSR count). The Morgan fingerprint density at radius 1 is 1.29 bits per heavy atom. The topological polar surface area (TPSA) is 58.4 Å². The van der Waals surface area contributed by atoms with E-state index in [1.165, 1.54) is 0 Å². The molecule has 0 aliphatic rings. The largest absolute Gasteiger partial charge is 0.388 e. The predicted molar refractivity (Wildman–Crippen MR) is 95.1 cm³/mol.